The molecule has 1 aliphatic heterocycles. The lowest BCUT2D eigenvalue weighted by atomic mass is 10.1. The minimum absolute atomic E-state index is 0.163. The maximum absolute atomic E-state index is 6.00. The predicted octanol–water partition coefficient (Wildman–Crippen LogP) is 1.16. The maximum Gasteiger partial charge on any atom is 0.0569 e. The second kappa shape index (κ2) is 5.83. The molecule has 2 aromatic heterocycles. The van der Waals surface area contributed by atoms with Gasteiger partial charge in [0.15, 0.2) is 0 Å². The Morgan fingerprint density at radius 1 is 1.38 bits per heavy atom. The molecule has 21 heavy (non-hydrogen) atoms. The first kappa shape index (κ1) is 14.0. The molecule has 0 amide bonds. The smallest absolute Gasteiger partial charge is 0.0569 e. The molecule has 112 valence electrons. The van der Waals surface area contributed by atoms with E-state index in [0.29, 0.717) is 0 Å². The van der Waals surface area contributed by atoms with E-state index < -0.39 is 0 Å². The third kappa shape index (κ3) is 2.91. The molecule has 6 nitrogen and oxygen atoms in total. The summed E-state index contributed by atoms with van der Waals surface area (Å²) in [6, 6.07) is 2.00. The number of nitrogens with two attached hydrogens (primary N) is 1. The van der Waals surface area contributed by atoms with Crippen molar-refractivity contribution in [2.45, 2.75) is 32.6 Å². The topological polar surface area (TPSA) is 72.0 Å². The largest absolute Gasteiger partial charge is 0.398 e. The second-order valence-electron chi connectivity index (χ2n) is 5.68. The second-order valence-corrected chi connectivity index (χ2v) is 5.68. The van der Waals surface area contributed by atoms with E-state index in [-0.39, 0.29) is 6.04 Å². The van der Waals surface area contributed by atoms with E-state index in [1.165, 1.54) is 11.3 Å². The minimum atomic E-state index is 0.163. The molecule has 0 saturated carbocycles. The van der Waals surface area contributed by atoms with Crippen LogP contribution in [0.2, 0.25) is 0 Å². The first-order valence-corrected chi connectivity index (χ1v) is 7.30. The van der Waals surface area contributed by atoms with Gasteiger partial charge in [0.1, 0.15) is 0 Å². The van der Waals surface area contributed by atoms with Gasteiger partial charge in [0.25, 0.3) is 0 Å². The predicted molar refractivity (Wildman–Crippen MR) is 82.5 cm³/mol. The quantitative estimate of drug-likeness (QED) is 0.882. The average molecular weight is 286 g/mol. The summed E-state index contributed by atoms with van der Waals surface area (Å²) in [4.78, 5) is 6.47. The Bertz CT molecular complexity index is 620. The SMILES string of the molecule is CC(NCc1cnn2c1CN(C)CC2)c1cnccc1N. The minimum Gasteiger partial charge on any atom is -0.398 e. The fourth-order valence-corrected chi connectivity index (χ4v) is 2.73. The Hall–Kier alpha value is -1.92. The zero-order chi connectivity index (χ0) is 14.8. The summed E-state index contributed by atoms with van der Waals surface area (Å²) in [7, 11) is 2.15. The summed E-state index contributed by atoms with van der Waals surface area (Å²) in [5, 5.41) is 7.99. The number of nitrogens with zero attached hydrogens (tertiary/aromatic N) is 4. The van der Waals surface area contributed by atoms with Crippen LogP contribution in [0.5, 0.6) is 0 Å². The van der Waals surface area contributed by atoms with Gasteiger partial charge in [-0.1, -0.05) is 0 Å². The van der Waals surface area contributed by atoms with E-state index in [0.717, 1.165) is 37.4 Å². The van der Waals surface area contributed by atoms with Crippen molar-refractivity contribution in [3.05, 3.63) is 41.5 Å². The molecule has 0 aliphatic carbocycles. The summed E-state index contributed by atoms with van der Waals surface area (Å²) in [5.41, 5.74) is 10.4. The highest BCUT2D eigenvalue weighted by Crippen LogP contribution is 2.20. The Morgan fingerprint density at radius 3 is 3.05 bits per heavy atom. The Labute approximate surface area is 125 Å². The van der Waals surface area contributed by atoms with Crippen molar-refractivity contribution in [1.29, 1.82) is 0 Å². The van der Waals surface area contributed by atoms with Crippen LogP contribution in [0.25, 0.3) is 0 Å². The third-order valence-electron chi connectivity index (χ3n) is 4.10. The molecular weight excluding hydrogens is 264 g/mol. The lowest BCUT2D eigenvalue weighted by molar-refractivity contribution is 0.257. The molecule has 6 heteroatoms. The molecule has 1 unspecified atom stereocenters. The van der Waals surface area contributed by atoms with Gasteiger partial charge in [0, 0.05) is 54.9 Å². The van der Waals surface area contributed by atoms with Crippen LogP contribution in [0.1, 0.15) is 29.8 Å². The molecule has 1 atom stereocenters. The Balaban J connectivity index is 1.68. The highest BCUT2D eigenvalue weighted by Gasteiger charge is 2.18. The van der Waals surface area contributed by atoms with Crippen LogP contribution in [-0.2, 0) is 19.6 Å². The van der Waals surface area contributed by atoms with Crippen LogP contribution < -0.4 is 11.1 Å². The zero-order valence-electron chi connectivity index (χ0n) is 12.6. The van der Waals surface area contributed by atoms with Crippen molar-refractivity contribution in [3.63, 3.8) is 0 Å². The van der Waals surface area contributed by atoms with Crippen molar-refractivity contribution in [3.8, 4) is 0 Å². The highest BCUT2D eigenvalue weighted by molar-refractivity contribution is 5.46. The van der Waals surface area contributed by atoms with Crippen molar-refractivity contribution in [2.24, 2.45) is 0 Å². The lowest BCUT2D eigenvalue weighted by Gasteiger charge is -2.24. The first-order chi connectivity index (χ1) is 10.1. The summed E-state index contributed by atoms with van der Waals surface area (Å²) in [6.07, 6.45) is 5.52. The number of hydrogen-bond donors (Lipinski definition) is 2. The standard InChI is InChI=1S/C15H22N6/c1-11(13-9-17-4-3-14(13)16)18-7-12-8-19-21-6-5-20(2)10-15(12)21/h3-4,8-9,11,18H,5-7,10H2,1-2H3,(H2,16,17). The van der Waals surface area contributed by atoms with Crippen molar-refractivity contribution < 1.29 is 0 Å². The van der Waals surface area contributed by atoms with E-state index in [2.05, 4.69) is 39.0 Å². The van der Waals surface area contributed by atoms with Gasteiger partial charge in [-0.15, -0.1) is 0 Å². The van der Waals surface area contributed by atoms with Gasteiger partial charge in [0.2, 0.25) is 0 Å². The number of pyridine rings is 1. The normalized spacial score (nSPS) is 16.7. The number of likely N-dealkylation sites (N-methyl/N-ethyl adjacent to an activating group) is 1. The fourth-order valence-electron chi connectivity index (χ4n) is 2.73. The highest BCUT2D eigenvalue weighted by atomic mass is 15.3. The average Bonchev–Trinajstić information content (AvgIpc) is 2.87. The van der Waals surface area contributed by atoms with Crippen LogP contribution in [0.3, 0.4) is 0 Å². The van der Waals surface area contributed by atoms with E-state index in [9.17, 15) is 0 Å². The van der Waals surface area contributed by atoms with Crippen LogP contribution >= 0.6 is 0 Å². The number of rotatable bonds is 4. The van der Waals surface area contributed by atoms with Gasteiger partial charge in [-0.2, -0.15) is 5.10 Å². The van der Waals surface area contributed by atoms with E-state index in [1.54, 1.807) is 6.20 Å². The molecule has 0 bridgehead atoms. The van der Waals surface area contributed by atoms with Crippen LogP contribution in [0, 0.1) is 0 Å². The van der Waals surface area contributed by atoms with Crippen LogP contribution in [0.15, 0.2) is 24.7 Å². The summed E-state index contributed by atoms with van der Waals surface area (Å²) in [6.45, 7) is 5.88. The van der Waals surface area contributed by atoms with E-state index in [4.69, 9.17) is 5.73 Å². The van der Waals surface area contributed by atoms with Gasteiger partial charge >= 0.3 is 0 Å². The molecule has 3 N–H and O–H groups in total. The molecule has 0 fully saturated rings. The molecule has 1 aliphatic rings. The number of nitrogen functional groups attached to an aromatic ring is 1. The van der Waals surface area contributed by atoms with Crippen molar-refractivity contribution in [1.82, 2.24) is 25.0 Å². The summed E-state index contributed by atoms with van der Waals surface area (Å²) >= 11 is 0. The summed E-state index contributed by atoms with van der Waals surface area (Å²) in [5.74, 6) is 0. The van der Waals surface area contributed by atoms with Gasteiger partial charge in [-0.25, -0.2) is 0 Å². The molecule has 0 saturated heterocycles. The molecule has 3 heterocycles. The number of anilines is 1. The Morgan fingerprint density at radius 2 is 2.24 bits per heavy atom. The number of aromatic nitrogens is 3. The molecule has 2 aromatic rings. The number of fused-ring (bicyclic) bond motifs is 1. The van der Waals surface area contributed by atoms with Crippen molar-refractivity contribution in [2.75, 3.05) is 19.3 Å². The number of nitrogens with one attached hydrogen (secondary N) is 1. The molecule has 3 rings (SSSR count). The fraction of sp³-hybridized carbons (Fsp3) is 0.467. The number of hydrogen-bond acceptors (Lipinski definition) is 5. The lowest BCUT2D eigenvalue weighted by Crippen LogP contribution is -2.31. The summed E-state index contributed by atoms with van der Waals surface area (Å²) < 4.78 is 2.11. The van der Waals surface area contributed by atoms with Gasteiger partial charge in [-0.05, 0) is 20.0 Å². The van der Waals surface area contributed by atoms with Crippen molar-refractivity contribution >= 4 is 5.69 Å². The molecule has 0 spiro atoms. The molecular formula is C15H22N6. The van der Waals surface area contributed by atoms with Gasteiger partial charge < -0.3 is 11.1 Å². The van der Waals surface area contributed by atoms with Crippen LogP contribution in [-0.4, -0.2) is 33.3 Å². The van der Waals surface area contributed by atoms with Gasteiger partial charge in [-0.3, -0.25) is 14.6 Å². The Kier molecular flexibility index (Phi) is 3.90. The third-order valence-corrected chi connectivity index (χ3v) is 4.10. The van der Waals surface area contributed by atoms with Gasteiger partial charge in [0.05, 0.1) is 18.4 Å². The zero-order valence-corrected chi connectivity index (χ0v) is 12.6. The molecule has 0 aromatic carbocycles. The van der Waals surface area contributed by atoms with Crippen LogP contribution in [0.4, 0.5) is 5.69 Å². The van der Waals surface area contributed by atoms with E-state index >= 15 is 0 Å². The molecule has 0 radical (unpaired) electrons. The maximum atomic E-state index is 6.00. The first-order valence-electron chi connectivity index (χ1n) is 7.30. The van der Waals surface area contributed by atoms with E-state index in [1.807, 2.05) is 18.5 Å². The monoisotopic (exact) mass is 286 g/mol.